The number of ether oxygens (including phenoxy) is 2. The number of carboxylic acid groups (broad SMARTS) is 1. The zero-order valence-electron chi connectivity index (χ0n) is 15.6. The third kappa shape index (κ3) is 5.37. The standard InChI is InChI=1S/C19H26BrNO5/c1-5-6-12-9-13(20)7-8-16(12)25-14-10-15(17(22)23)21(11-14)18(24)26-19(2,3)4/h7-9,14-15H,5-6,10-11H2,1-4H3,(H,22,23)/t14-,15-/m0/s1. The minimum absolute atomic E-state index is 0.188. The van der Waals surface area contributed by atoms with Crippen LogP contribution in [0.3, 0.4) is 0 Å². The van der Waals surface area contributed by atoms with Gasteiger partial charge in [-0.3, -0.25) is 4.90 Å². The van der Waals surface area contributed by atoms with Gasteiger partial charge in [-0.25, -0.2) is 9.59 Å². The highest BCUT2D eigenvalue weighted by Gasteiger charge is 2.42. The van der Waals surface area contributed by atoms with Crippen LogP contribution < -0.4 is 4.74 Å². The van der Waals surface area contributed by atoms with Crippen LogP contribution in [-0.2, 0) is 16.0 Å². The van der Waals surface area contributed by atoms with Gasteiger partial charge in [-0.15, -0.1) is 0 Å². The van der Waals surface area contributed by atoms with Gasteiger partial charge in [0.05, 0.1) is 6.54 Å². The first-order chi connectivity index (χ1) is 12.1. The lowest BCUT2D eigenvalue weighted by molar-refractivity contribution is -0.142. The Balaban J connectivity index is 2.15. The molecule has 1 aromatic carbocycles. The molecule has 0 bridgehead atoms. The molecule has 26 heavy (non-hydrogen) atoms. The summed E-state index contributed by atoms with van der Waals surface area (Å²) in [4.78, 5) is 25.2. The van der Waals surface area contributed by atoms with Crippen LogP contribution in [0.2, 0.25) is 0 Å². The number of halogens is 1. The molecule has 0 saturated carbocycles. The average Bonchev–Trinajstić information content (AvgIpc) is 2.93. The summed E-state index contributed by atoms with van der Waals surface area (Å²) in [5, 5.41) is 9.48. The van der Waals surface area contributed by atoms with Gasteiger partial charge >= 0.3 is 12.1 Å². The lowest BCUT2D eigenvalue weighted by Gasteiger charge is -2.26. The summed E-state index contributed by atoms with van der Waals surface area (Å²) in [5.41, 5.74) is 0.378. The molecule has 1 N–H and O–H groups in total. The van der Waals surface area contributed by atoms with Crippen molar-refractivity contribution in [1.82, 2.24) is 4.90 Å². The lowest BCUT2D eigenvalue weighted by atomic mass is 10.1. The Morgan fingerprint density at radius 2 is 2.04 bits per heavy atom. The van der Waals surface area contributed by atoms with Crippen LogP contribution >= 0.6 is 15.9 Å². The van der Waals surface area contributed by atoms with E-state index in [-0.39, 0.29) is 19.1 Å². The highest BCUT2D eigenvalue weighted by molar-refractivity contribution is 9.10. The molecule has 0 aromatic heterocycles. The van der Waals surface area contributed by atoms with Gasteiger partial charge in [0.15, 0.2) is 0 Å². The highest BCUT2D eigenvalue weighted by atomic mass is 79.9. The Morgan fingerprint density at radius 1 is 1.35 bits per heavy atom. The van der Waals surface area contributed by atoms with E-state index in [4.69, 9.17) is 9.47 Å². The second-order valence-corrected chi connectivity index (χ2v) is 8.38. The zero-order chi connectivity index (χ0) is 19.5. The van der Waals surface area contributed by atoms with E-state index in [0.29, 0.717) is 0 Å². The van der Waals surface area contributed by atoms with Crippen LogP contribution in [0.4, 0.5) is 4.79 Å². The van der Waals surface area contributed by atoms with Crippen molar-refractivity contribution in [3.63, 3.8) is 0 Å². The van der Waals surface area contributed by atoms with Gasteiger partial charge in [0.1, 0.15) is 23.5 Å². The van der Waals surface area contributed by atoms with E-state index in [2.05, 4.69) is 22.9 Å². The number of benzene rings is 1. The van der Waals surface area contributed by atoms with Gasteiger partial charge in [-0.1, -0.05) is 29.3 Å². The van der Waals surface area contributed by atoms with Gasteiger partial charge < -0.3 is 14.6 Å². The summed E-state index contributed by atoms with van der Waals surface area (Å²) in [7, 11) is 0. The molecule has 0 unspecified atom stereocenters. The largest absolute Gasteiger partial charge is 0.488 e. The van der Waals surface area contributed by atoms with Crippen LogP contribution in [0.25, 0.3) is 0 Å². The summed E-state index contributed by atoms with van der Waals surface area (Å²) in [5.74, 6) is -0.318. The summed E-state index contributed by atoms with van der Waals surface area (Å²) >= 11 is 3.46. The molecule has 1 aromatic rings. The summed E-state index contributed by atoms with van der Waals surface area (Å²) in [6.45, 7) is 7.54. The van der Waals surface area contributed by atoms with E-state index in [1.165, 1.54) is 4.90 Å². The van der Waals surface area contributed by atoms with E-state index < -0.39 is 23.7 Å². The van der Waals surface area contributed by atoms with E-state index in [1.807, 2.05) is 18.2 Å². The quantitative estimate of drug-likeness (QED) is 0.759. The third-order valence-corrected chi connectivity index (χ3v) is 4.50. The zero-order valence-corrected chi connectivity index (χ0v) is 17.2. The fourth-order valence-corrected chi connectivity index (χ4v) is 3.36. The van der Waals surface area contributed by atoms with Gasteiger partial charge in [-0.05, 0) is 51.0 Å². The van der Waals surface area contributed by atoms with Crippen molar-refractivity contribution in [2.75, 3.05) is 6.54 Å². The van der Waals surface area contributed by atoms with Crippen LogP contribution in [0.5, 0.6) is 5.75 Å². The first-order valence-corrected chi connectivity index (χ1v) is 9.57. The summed E-state index contributed by atoms with van der Waals surface area (Å²) < 4.78 is 12.4. The Kier molecular flexibility index (Phi) is 6.55. The molecule has 144 valence electrons. The van der Waals surface area contributed by atoms with Crippen LogP contribution in [0.15, 0.2) is 22.7 Å². The first kappa shape index (κ1) is 20.6. The Bertz CT molecular complexity index is 670. The molecule has 1 fully saturated rings. The molecule has 1 aliphatic heterocycles. The van der Waals surface area contributed by atoms with Crippen molar-refractivity contribution in [3.8, 4) is 5.75 Å². The minimum atomic E-state index is -1.05. The van der Waals surface area contributed by atoms with Crippen molar-refractivity contribution in [1.29, 1.82) is 0 Å². The molecular weight excluding hydrogens is 402 g/mol. The highest BCUT2D eigenvalue weighted by Crippen LogP contribution is 2.29. The third-order valence-electron chi connectivity index (χ3n) is 4.01. The summed E-state index contributed by atoms with van der Waals surface area (Å²) in [6.07, 6.45) is 1.05. The smallest absolute Gasteiger partial charge is 0.411 e. The minimum Gasteiger partial charge on any atom is -0.488 e. The second-order valence-electron chi connectivity index (χ2n) is 7.46. The van der Waals surface area contributed by atoms with Crippen molar-refractivity contribution in [2.45, 2.75) is 64.7 Å². The fraction of sp³-hybridized carbons (Fsp3) is 0.579. The molecule has 2 rings (SSSR count). The molecule has 0 spiro atoms. The van der Waals surface area contributed by atoms with Crippen LogP contribution in [0, 0.1) is 0 Å². The number of carbonyl (C=O) groups is 2. The summed E-state index contributed by atoms with van der Waals surface area (Å²) in [6, 6.07) is 4.83. The van der Waals surface area contributed by atoms with Crippen molar-refractivity contribution in [2.24, 2.45) is 0 Å². The number of likely N-dealkylation sites (tertiary alicyclic amines) is 1. The fourth-order valence-electron chi connectivity index (χ4n) is 2.95. The predicted octanol–water partition coefficient (Wildman–Crippen LogP) is 4.24. The Hall–Kier alpha value is -1.76. The normalized spacial score (nSPS) is 20.1. The number of hydrogen-bond donors (Lipinski definition) is 1. The molecule has 0 aliphatic carbocycles. The number of amides is 1. The molecular formula is C19H26BrNO5. The van der Waals surface area contributed by atoms with Crippen LogP contribution in [-0.4, -0.2) is 46.4 Å². The second kappa shape index (κ2) is 8.29. The predicted molar refractivity (Wildman–Crippen MR) is 102 cm³/mol. The van der Waals surface area contributed by atoms with Crippen molar-refractivity contribution in [3.05, 3.63) is 28.2 Å². The maximum absolute atomic E-state index is 12.4. The van der Waals surface area contributed by atoms with E-state index in [0.717, 1.165) is 28.6 Å². The number of nitrogens with zero attached hydrogens (tertiary/aromatic N) is 1. The van der Waals surface area contributed by atoms with Crippen LogP contribution in [0.1, 0.15) is 46.1 Å². The van der Waals surface area contributed by atoms with Gasteiger partial charge in [0, 0.05) is 10.9 Å². The SMILES string of the molecule is CCCc1cc(Br)ccc1O[C@H]1C[C@@H](C(=O)O)N(C(=O)OC(C)(C)C)C1. The average molecular weight is 428 g/mol. The molecule has 6 nitrogen and oxygen atoms in total. The lowest BCUT2D eigenvalue weighted by Crippen LogP contribution is -2.43. The number of hydrogen-bond acceptors (Lipinski definition) is 4. The molecule has 1 saturated heterocycles. The number of aliphatic carboxylic acids is 1. The van der Waals surface area contributed by atoms with E-state index in [1.54, 1.807) is 20.8 Å². The first-order valence-electron chi connectivity index (χ1n) is 8.78. The molecule has 1 aliphatic rings. The Morgan fingerprint density at radius 3 is 2.62 bits per heavy atom. The van der Waals surface area contributed by atoms with Gasteiger partial charge in [0.25, 0.3) is 0 Å². The van der Waals surface area contributed by atoms with Gasteiger partial charge in [0.2, 0.25) is 0 Å². The number of carboxylic acids is 1. The molecule has 1 amide bonds. The van der Waals surface area contributed by atoms with E-state index >= 15 is 0 Å². The number of aryl methyl sites for hydroxylation is 1. The number of carbonyl (C=O) groups excluding carboxylic acids is 1. The maximum Gasteiger partial charge on any atom is 0.411 e. The molecule has 2 atom stereocenters. The Labute approximate surface area is 162 Å². The van der Waals surface area contributed by atoms with Gasteiger partial charge in [-0.2, -0.15) is 0 Å². The maximum atomic E-state index is 12.4. The monoisotopic (exact) mass is 427 g/mol. The van der Waals surface area contributed by atoms with Crippen molar-refractivity contribution < 1.29 is 24.2 Å². The topological polar surface area (TPSA) is 76.1 Å². The van der Waals surface area contributed by atoms with Crippen molar-refractivity contribution >= 4 is 28.0 Å². The van der Waals surface area contributed by atoms with E-state index in [9.17, 15) is 14.7 Å². The molecule has 1 heterocycles. The molecule has 7 heteroatoms. The molecule has 0 radical (unpaired) electrons. The number of rotatable bonds is 5.